The molecule has 170 valence electrons. The van der Waals surface area contributed by atoms with E-state index >= 15 is 0 Å². The summed E-state index contributed by atoms with van der Waals surface area (Å²) in [5, 5.41) is 5.09. The largest absolute Gasteiger partial charge is 0.457 e. The van der Waals surface area contributed by atoms with Crippen molar-refractivity contribution in [2.45, 2.75) is 6.42 Å². The van der Waals surface area contributed by atoms with E-state index in [0.717, 1.165) is 38.7 Å². The Kier molecular flexibility index (Phi) is 6.94. The van der Waals surface area contributed by atoms with Crippen molar-refractivity contribution in [1.29, 1.82) is 0 Å². The van der Waals surface area contributed by atoms with E-state index in [9.17, 15) is 4.79 Å². The number of carbonyl (C=O) groups excluding carboxylic acids is 1. The van der Waals surface area contributed by atoms with E-state index in [0.29, 0.717) is 21.7 Å². The van der Waals surface area contributed by atoms with Crippen LogP contribution in [0.15, 0.2) is 77.8 Å². The molecule has 3 aromatic carbocycles. The van der Waals surface area contributed by atoms with Crippen LogP contribution in [0.5, 0.6) is 11.5 Å². The number of amides is 1. The lowest BCUT2D eigenvalue weighted by molar-refractivity contribution is -0.118. The first-order chi connectivity index (χ1) is 16.6. The Bertz CT molecular complexity index is 1360. The van der Waals surface area contributed by atoms with Gasteiger partial charge in [-0.1, -0.05) is 47.6 Å². The Balaban J connectivity index is 1.44. The van der Waals surface area contributed by atoms with Crippen LogP contribution in [0.25, 0.3) is 21.9 Å². The third kappa shape index (κ3) is 5.67. The van der Waals surface area contributed by atoms with E-state index in [2.05, 4.69) is 10.3 Å². The summed E-state index contributed by atoms with van der Waals surface area (Å²) in [4.78, 5) is 21.9. The van der Waals surface area contributed by atoms with Crippen molar-refractivity contribution >= 4 is 67.6 Å². The quantitative estimate of drug-likeness (QED) is 0.310. The fourth-order valence-corrected chi connectivity index (χ4v) is 5.30. The molecule has 1 aliphatic heterocycles. The summed E-state index contributed by atoms with van der Waals surface area (Å²) in [6.07, 6.45) is 2.19. The van der Waals surface area contributed by atoms with Crippen molar-refractivity contribution in [3.8, 4) is 11.5 Å². The molecule has 0 spiro atoms. The third-order valence-electron chi connectivity index (χ3n) is 5.00. The van der Waals surface area contributed by atoms with E-state index in [1.807, 2.05) is 66.7 Å². The SMILES string of the molecule is O=C(CC(=Cc1cccc(Oc2ccc(Cl)cc2)c1)c1nc2ccccc2s1)NC1=NCCS1. The summed E-state index contributed by atoms with van der Waals surface area (Å²) in [5.74, 6) is 2.19. The summed E-state index contributed by atoms with van der Waals surface area (Å²) in [7, 11) is 0. The van der Waals surface area contributed by atoms with Crippen LogP contribution in [0.2, 0.25) is 5.02 Å². The Morgan fingerprint density at radius 1 is 1.06 bits per heavy atom. The molecule has 2 heterocycles. The van der Waals surface area contributed by atoms with Gasteiger partial charge in [0, 0.05) is 10.8 Å². The van der Waals surface area contributed by atoms with Crippen molar-refractivity contribution < 1.29 is 9.53 Å². The first-order valence-electron chi connectivity index (χ1n) is 10.7. The number of hydrogen-bond donors (Lipinski definition) is 1. The summed E-state index contributed by atoms with van der Waals surface area (Å²) < 4.78 is 7.06. The number of aliphatic imine (C=N–C) groups is 1. The van der Waals surface area contributed by atoms with E-state index in [-0.39, 0.29) is 12.3 Å². The van der Waals surface area contributed by atoms with Crippen LogP contribution in [0.4, 0.5) is 0 Å². The standard InChI is InChI=1S/C26H20ClN3O2S2/c27-19-8-10-20(11-9-19)32-21-5-3-4-17(15-21)14-18(16-24(31)30-26-28-12-13-33-26)25-29-22-6-1-2-7-23(22)34-25/h1-11,14-15H,12-13,16H2,(H,28,30,31). The number of nitrogens with one attached hydrogen (secondary N) is 1. The van der Waals surface area contributed by atoms with Gasteiger partial charge >= 0.3 is 0 Å². The zero-order chi connectivity index (χ0) is 23.3. The van der Waals surface area contributed by atoms with Crippen LogP contribution in [-0.2, 0) is 4.79 Å². The summed E-state index contributed by atoms with van der Waals surface area (Å²) in [6.45, 7) is 0.737. The fourth-order valence-electron chi connectivity index (χ4n) is 3.45. The minimum Gasteiger partial charge on any atom is -0.457 e. The maximum absolute atomic E-state index is 12.8. The van der Waals surface area contributed by atoms with Gasteiger partial charge in [0.25, 0.3) is 0 Å². The van der Waals surface area contributed by atoms with Gasteiger partial charge in [0.05, 0.1) is 23.2 Å². The number of ether oxygens (including phenoxy) is 1. The van der Waals surface area contributed by atoms with Crippen molar-refractivity contribution in [1.82, 2.24) is 10.3 Å². The highest BCUT2D eigenvalue weighted by atomic mass is 35.5. The molecule has 0 bridgehead atoms. The van der Waals surface area contributed by atoms with Crippen LogP contribution in [0, 0.1) is 0 Å². The predicted octanol–water partition coefficient (Wildman–Crippen LogP) is 6.89. The second-order valence-electron chi connectivity index (χ2n) is 7.55. The van der Waals surface area contributed by atoms with Gasteiger partial charge in [0.15, 0.2) is 5.17 Å². The second-order valence-corrected chi connectivity index (χ2v) is 10.1. The zero-order valence-corrected chi connectivity index (χ0v) is 20.4. The highest BCUT2D eigenvalue weighted by Crippen LogP contribution is 2.31. The van der Waals surface area contributed by atoms with Gasteiger partial charge in [-0.25, -0.2) is 4.98 Å². The number of carbonyl (C=O) groups is 1. The number of amidine groups is 1. The van der Waals surface area contributed by atoms with Gasteiger partial charge in [-0.15, -0.1) is 11.3 Å². The molecule has 5 nitrogen and oxygen atoms in total. The van der Waals surface area contributed by atoms with E-state index < -0.39 is 0 Å². The highest BCUT2D eigenvalue weighted by molar-refractivity contribution is 8.14. The minimum atomic E-state index is -0.104. The van der Waals surface area contributed by atoms with Crippen molar-refractivity contribution in [2.24, 2.45) is 4.99 Å². The number of aromatic nitrogens is 1. The molecule has 34 heavy (non-hydrogen) atoms. The highest BCUT2D eigenvalue weighted by Gasteiger charge is 2.16. The molecule has 0 aliphatic carbocycles. The fraction of sp³-hybridized carbons (Fsp3) is 0.115. The molecule has 0 saturated carbocycles. The molecule has 4 aromatic rings. The molecule has 1 aromatic heterocycles. The van der Waals surface area contributed by atoms with E-state index in [1.165, 1.54) is 0 Å². The molecule has 1 aliphatic rings. The number of fused-ring (bicyclic) bond motifs is 1. The van der Waals surface area contributed by atoms with Crippen LogP contribution < -0.4 is 10.1 Å². The molecule has 5 rings (SSSR count). The van der Waals surface area contributed by atoms with E-state index in [1.54, 1.807) is 35.2 Å². The van der Waals surface area contributed by atoms with Crippen LogP contribution in [-0.4, -0.2) is 28.4 Å². The maximum Gasteiger partial charge on any atom is 0.230 e. The Hall–Kier alpha value is -3.13. The number of benzene rings is 3. The average Bonchev–Trinajstić information content (AvgIpc) is 3.50. The molecule has 0 fully saturated rings. The summed E-state index contributed by atoms with van der Waals surface area (Å²) >= 11 is 9.11. The number of hydrogen-bond acceptors (Lipinski definition) is 6. The van der Waals surface area contributed by atoms with E-state index in [4.69, 9.17) is 21.3 Å². The number of rotatable bonds is 6. The first kappa shape index (κ1) is 22.7. The number of nitrogens with zero attached hydrogens (tertiary/aromatic N) is 2. The molecule has 0 atom stereocenters. The lowest BCUT2D eigenvalue weighted by Crippen LogP contribution is -2.27. The summed E-state index contributed by atoms with van der Waals surface area (Å²) in [6, 6.07) is 23.0. The molecule has 0 radical (unpaired) electrons. The zero-order valence-electron chi connectivity index (χ0n) is 18.0. The number of para-hydroxylation sites is 1. The van der Waals surface area contributed by atoms with Crippen molar-refractivity contribution in [2.75, 3.05) is 12.3 Å². The minimum absolute atomic E-state index is 0.104. The average molecular weight is 506 g/mol. The van der Waals surface area contributed by atoms with Crippen LogP contribution >= 0.6 is 34.7 Å². The number of thiazole rings is 1. The van der Waals surface area contributed by atoms with Crippen LogP contribution in [0.3, 0.4) is 0 Å². The Labute approximate surface area is 210 Å². The molecular formula is C26H20ClN3O2S2. The molecule has 8 heteroatoms. The normalized spacial score (nSPS) is 13.7. The summed E-state index contributed by atoms with van der Waals surface area (Å²) in [5.41, 5.74) is 2.68. The van der Waals surface area contributed by atoms with Gasteiger partial charge in [-0.2, -0.15) is 0 Å². The molecular weight excluding hydrogens is 486 g/mol. The molecule has 1 N–H and O–H groups in total. The third-order valence-corrected chi connectivity index (χ3v) is 7.25. The number of thioether (sulfide) groups is 1. The van der Waals surface area contributed by atoms with Gasteiger partial charge in [-0.3, -0.25) is 9.79 Å². The van der Waals surface area contributed by atoms with Crippen molar-refractivity contribution in [3.63, 3.8) is 0 Å². The van der Waals surface area contributed by atoms with Crippen LogP contribution in [0.1, 0.15) is 17.0 Å². The molecule has 0 saturated heterocycles. The first-order valence-corrected chi connectivity index (χ1v) is 12.9. The monoisotopic (exact) mass is 505 g/mol. The lowest BCUT2D eigenvalue weighted by Gasteiger charge is -2.09. The van der Waals surface area contributed by atoms with Crippen molar-refractivity contribution in [3.05, 3.63) is 88.4 Å². The van der Waals surface area contributed by atoms with Gasteiger partial charge < -0.3 is 10.1 Å². The van der Waals surface area contributed by atoms with Gasteiger partial charge in [0.2, 0.25) is 5.91 Å². The maximum atomic E-state index is 12.8. The molecule has 0 unspecified atom stereocenters. The Morgan fingerprint density at radius 3 is 2.71 bits per heavy atom. The topological polar surface area (TPSA) is 63.6 Å². The number of halogens is 1. The van der Waals surface area contributed by atoms with Gasteiger partial charge in [-0.05, 0) is 65.7 Å². The van der Waals surface area contributed by atoms with Gasteiger partial charge in [0.1, 0.15) is 16.5 Å². The molecule has 1 amide bonds. The second kappa shape index (κ2) is 10.4. The lowest BCUT2D eigenvalue weighted by atomic mass is 10.1. The predicted molar refractivity (Wildman–Crippen MR) is 143 cm³/mol. The Morgan fingerprint density at radius 2 is 1.91 bits per heavy atom. The smallest absolute Gasteiger partial charge is 0.230 e.